The first-order chi connectivity index (χ1) is 23.9. The fourth-order valence-corrected chi connectivity index (χ4v) is 7.04. The molecular weight excluding hydrogens is 618 g/mol. The number of anilines is 2. The van der Waals surface area contributed by atoms with Crippen LogP contribution in [0.5, 0.6) is 11.5 Å². The quantitative estimate of drug-likeness (QED) is 0.261. The first-order valence-electron chi connectivity index (χ1n) is 17.0. The summed E-state index contributed by atoms with van der Waals surface area (Å²) in [5.41, 5.74) is 9.51. The number of hydrogen-bond donors (Lipinski definition) is 2. The number of nitrogens with one attached hydrogen (secondary N) is 1. The second-order valence-electron chi connectivity index (χ2n) is 12.8. The molecule has 0 aliphatic carbocycles. The van der Waals surface area contributed by atoms with Crippen molar-refractivity contribution in [3.05, 3.63) is 102 Å². The van der Waals surface area contributed by atoms with Gasteiger partial charge in [-0.2, -0.15) is 0 Å². The van der Waals surface area contributed by atoms with Gasteiger partial charge in [-0.25, -0.2) is 9.78 Å². The molecule has 3 aliphatic heterocycles. The first kappa shape index (κ1) is 32.3. The average Bonchev–Trinajstić information content (AvgIpc) is 3.13. The monoisotopic (exact) mass is 659 g/mol. The molecule has 11 heteroatoms. The molecule has 3 aromatic carbocycles. The number of carbonyl (C=O) groups is 3. The van der Waals surface area contributed by atoms with E-state index < -0.39 is 5.91 Å². The standard InChI is InChI=1S/C38H41N7O4/c39-37(47)32-14-15-34(40-36(32)27-10-12-31(13-11-27)49-30-7-2-1-3-8-30)44-19-16-29(17-20-44)43-24-22-42(23-25-43)26-28-6-4-5-9-33(28)45-21-18-35(46)41-38(45)48/h1-15,29H,16-26H2,(H2,39,47)(H,41,46,48). The number of piperazine rings is 1. The number of nitrogens with two attached hydrogens (primary N) is 1. The third-order valence-corrected chi connectivity index (χ3v) is 9.69. The Morgan fingerprint density at radius 2 is 1.49 bits per heavy atom. The summed E-state index contributed by atoms with van der Waals surface area (Å²) >= 11 is 0. The van der Waals surface area contributed by atoms with Crippen LogP contribution in [0, 0.1) is 0 Å². The largest absolute Gasteiger partial charge is 0.457 e. The van der Waals surface area contributed by atoms with Crippen molar-refractivity contribution in [2.45, 2.75) is 31.8 Å². The molecule has 4 heterocycles. The van der Waals surface area contributed by atoms with Gasteiger partial charge >= 0.3 is 6.03 Å². The molecule has 4 amide bonds. The van der Waals surface area contributed by atoms with E-state index in [1.165, 1.54) is 0 Å². The van der Waals surface area contributed by atoms with E-state index in [0.717, 1.165) is 87.0 Å². The van der Waals surface area contributed by atoms with E-state index in [9.17, 15) is 14.4 Å². The minimum atomic E-state index is -0.506. The second kappa shape index (κ2) is 14.5. The van der Waals surface area contributed by atoms with Gasteiger partial charge in [0.05, 0.1) is 11.3 Å². The van der Waals surface area contributed by atoms with E-state index in [4.69, 9.17) is 15.5 Å². The maximum atomic E-state index is 12.5. The van der Waals surface area contributed by atoms with Crippen LogP contribution in [0.2, 0.25) is 0 Å². The van der Waals surface area contributed by atoms with Gasteiger partial charge in [0.1, 0.15) is 17.3 Å². The molecule has 3 saturated heterocycles. The van der Waals surface area contributed by atoms with Crippen LogP contribution in [0.15, 0.2) is 91.0 Å². The van der Waals surface area contributed by atoms with Crippen molar-refractivity contribution in [2.24, 2.45) is 5.73 Å². The lowest BCUT2D eigenvalue weighted by Crippen LogP contribution is -2.53. The lowest BCUT2D eigenvalue weighted by molar-refractivity contribution is -0.120. The third kappa shape index (κ3) is 7.43. The number of primary amides is 1. The van der Waals surface area contributed by atoms with Crippen molar-refractivity contribution in [2.75, 3.05) is 55.6 Å². The number of imide groups is 1. The van der Waals surface area contributed by atoms with Gasteiger partial charge < -0.3 is 15.4 Å². The van der Waals surface area contributed by atoms with Crippen molar-refractivity contribution in [3.8, 4) is 22.8 Å². The fraction of sp³-hybridized carbons (Fsp3) is 0.316. The van der Waals surface area contributed by atoms with Crippen molar-refractivity contribution in [3.63, 3.8) is 0 Å². The Bertz CT molecular complexity index is 1800. The van der Waals surface area contributed by atoms with Crippen molar-refractivity contribution in [1.82, 2.24) is 20.1 Å². The highest BCUT2D eigenvalue weighted by molar-refractivity contribution is 6.06. The predicted molar refractivity (Wildman–Crippen MR) is 189 cm³/mol. The Labute approximate surface area is 286 Å². The number of urea groups is 1. The maximum absolute atomic E-state index is 12.5. The zero-order valence-electron chi connectivity index (χ0n) is 27.5. The molecule has 7 rings (SSSR count). The molecule has 49 heavy (non-hydrogen) atoms. The van der Waals surface area contributed by atoms with Crippen molar-refractivity contribution >= 4 is 29.4 Å². The summed E-state index contributed by atoms with van der Waals surface area (Å²) in [6.45, 7) is 6.81. The van der Waals surface area contributed by atoms with Crippen molar-refractivity contribution < 1.29 is 19.1 Å². The van der Waals surface area contributed by atoms with Gasteiger partial charge in [-0.15, -0.1) is 0 Å². The molecular formula is C38H41N7O4. The normalized spacial score (nSPS) is 18.0. The minimum Gasteiger partial charge on any atom is -0.457 e. The van der Waals surface area contributed by atoms with Gasteiger partial charge in [0.2, 0.25) is 5.91 Å². The van der Waals surface area contributed by atoms with Crippen LogP contribution in [0.3, 0.4) is 0 Å². The van der Waals surface area contributed by atoms with Gasteiger partial charge in [-0.3, -0.25) is 29.6 Å². The Kier molecular flexibility index (Phi) is 9.54. The molecule has 0 atom stereocenters. The average molecular weight is 660 g/mol. The summed E-state index contributed by atoms with van der Waals surface area (Å²) in [7, 11) is 0. The highest BCUT2D eigenvalue weighted by Crippen LogP contribution is 2.31. The van der Waals surface area contributed by atoms with Crippen LogP contribution in [0.25, 0.3) is 11.3 Å². The topological polar surface area (TPSA) is 124 Å². The summed E-state index contributed by atoms with van der Waals surface area (Å²) in [6, 6.07) is 29.0. The van der Waals surface area contributed by atoms with Gasteiger partial charge in [-0.1, -0.05) is 36.4 Å². The Hall–Kier alpha value is -5.26. The zero-order valence-corrected chi connectivity index (χ0v) is 27.5. The van der Waals surface area contributed by atoms with Gasteiger partial charge in [-0.05, 0) is 73.0 Å². The minimum absolute atomic E-state index is 0.223. The van der Waals surface area contributed by atoms with Crippen LogP contribution >= 0.6 is 0 Å². The highest BCUT2D eigenvalue weighted by atomic mass is 16.5. The number of benzene rings is 3. The Balaban J connectivity index is 0.947. The Morgan fingerprint density at radius 3 is 2.20 bits per heavy atom. The number of para-hydroxylation sites is 2. The number of pyridine rings is 1. The molecule has 11 nitrogen and oxygen atoms in total. The number of rotatable bonds is 9. The molecule has 0 saturated carbocycles. The molecule has 4 aromatic rings. The SMILES string of the molecule is NC(=O)c1ccc(N2CCC(N3CCN(Cc4ccccc4N4CCC(=O)NC4=O)CC3)CC2)nc1-c1ccc(Oc2ccccc2)cc1. The van der Waals surface area contributed by atoms with E-state index in [1.807, 2.05) is 78.9 Å². The van der Waals surface area contributed by atoms with E-state index in [0.29, 0.717) is 36.0 Å². The molecule has 0 bridgehead atoms. The summed E-state index contributed by atoms with van der Waals surface area (Å²) in [5.74, 6) is 1.57. The van der Waals surface area contributed by atoms with Crippen LogP contribution in [-0.4, -0.2) is 84.5 Å². The smallest absolute Gasteiger partial charge is 0.328 e. The van der Waals surface area contributed by atoms with E-state index in [-0.39, 0.29) is 11.9 Å². The number of carbonyl (C=O) groups excluding carboxylic acids is 3. The van der Waals surface area contributed by atoms with Crippen LogP contribution < -0.4 is 25.6 Å². The fourth-order valence-electron chi connectivity index (χ4n) is 7.04. The molecule has 3 aliphatic rings. The molecule has 3 fully saturated rings. The number of nitrogens with zero attached hydrogens (tertiary/aromatic N) is 5. The van der Waals surface area contributed by atoms with Gasteiger partial charge in [0, 0.05) is 76.1 Å². The summed E-state index contributed by atoms with van der Waals surface area (Å²) in [6.07, 6.45) is 2.38. The molecule has 0 unspecified atom stereocenters. The van der Waals surface area contributed by atoms with E-state index in [1.54, 1.807) is 11.0 Å². The second-order valence-corrected chi connectivity index (χ2v) is 12.8. The lowest BCUT2D eigenvalue weighted by atomic mass is 10.0. The number of amides is 4. The number of aromatic nitrogens is 1. The highest BCUT2D eigenvalue weighted by Gasteiger charge is 2.30. The summed E-state index contributed by atoms with van der Waals surface area (Å²) in [5, 5.41) is 2.44. The third-order valence-electron chi connectivity index (χ3n) is 9.69. The molecule has 0 radical (unpaired) electrons. The maximum Gasteiger partial charge on any atom is 0.328 e. The summed E-state index contributed by atoms with van der Waals surface area (Å²) < 4.78 is 5.94. The first-order valence-corrected chi connectivity index (χ1v) is 17.0. The Morgan fingerprint density at radius 1 is 0.796 bits per heavy atom. The number of hydrogen-bond acceptors (Lipinski definition) is 8. The van der Waals surface area contributed by atoms with Crippen LogP contribution in [0.1, 0.15) is 35.2 Å². The van der Waals surface area contributed by atoms with Crippen LogP contribution in [-0.2, 0) is 11.3 Å². The van der Waals surface area contributed by atoms with Gasteiger partial charge in [0.25, 0.3) is 5.91 Å². The molecule has 1 aromatic heterocycles. The van der Waals surface area contributed by atoms with Crippen LogP contribution in [0.4, 0.5) is 16.3 Å². The number of ether oxygens (including phenoxy) is 1. The van der Waals surface area contributed by atoms with Crippen molar-refractivity contribution in [1.29, 1.82) is 0 Å². The summed E-state index contributed by atoms with van der Waals surface area (Å²) in [4.78, 5) is 50.5. The van der Waals surface area contributed by atoms with E-state index >= 15 is 0 Å². The molecule has 252 valence electrons. The molecule has 3 N–H and O–H groups in total. The zero-order chi connectivity index (χ0) is 33.7. The lowest BCUT2D eigenvalue weighted by Gasteiger charge is -2.43. The van der Waals surface area contributed by atoms with Gasteiger partial charge in [0.15, 0.2) is 0 Å². The molecule has 0 spiro atoms. The number of piperidine rings is 1. The predicted octanol–water partition coefficient (Wildman–Crippen LogP) is 4.87. The van der Waals surface area contributed by atoms with E-state index in [2.05, 4.69) is 26.1 Å².